The molecule has 2 heterocycles. The third kappa shape index (κ3) is 38.1. The molecule has 47 heteroatoms. The number of fused-ring (bicyclic) bond motifs is 1. The highest BCUT2D eigenvalue weighted by molar-refractivity contribution is 6.02. The molecule has 0 aliphatic carbocycles. The normalized spacial score (nSPS) is 15.8. The highest BCUT2D eigenvalue weighted by Gasteiger charge is 2.43. The maximum absolute atomic E-state index is 15.2. The standard InChI is InChI=1S/C84H126N20O27/c1-41(2)31-54(96-78(124)58(37-68(114)115)98-80(126)62(40-106)102-76(122)56(34-46-17-10-9-11-18-46)99-82(128)69(44(7)107)103-73(119)53(25-28-67(112)113)92-71(117)51(23-26-64(86)109)93-79(125)61(39-105)90-45(8)108)74(120)97-57(35-47-38-89-49-20-13-12-19-48(47)49)77(123)91-50(21-14-15-29-85)70(116)95-55(32-42(3)4)75(121)100-59(33-43(5)6)83(129)104-30-16-22-63(104)81(127)94-52(24-27-65(87)110)72(118)101-60(84(130)131)36-66(88)111/h9-13,17-20,38,41-44,50-63,69,89,105-107H,14-16,21-37,39-40,85H2,1-8H3,(H2,86,109)(H2,87,110)(H2,88,111)(H,90,108)(H,91,123)(H,92,117)(H,93,125)(H,94,127)(H,95,116)(H,96,124)(H,97,120)(H,98,126)(H,99,128)(H,100,121)(H,101,118)(H,102,122)(H,103,119)(H,112,113)(H,114,115)(H,130,131)/t44-,50+,51+,52+,53+,54+,55+,56+,57+,58+,59+,60+,61+,62+,63+,69+/m0/s1. The molecule has 0 saturated carbocycles. The SMILES string of the molecule is CC(=O)N[C@H](CO)C(=O)N[C@H](CCC(N)=O)C(=O)N[C@H](CCC(=O)O)C(=O)N[C@@H](C(=O)N[C@H](Cc1ccccc1)C(=O)N[C@H](CO)C(=O)N[C@H](CC(=O)O)C(=O)N[C@H](CC(C)C)C(=O)N[C@H](Cc1c[nH]c2ccccc12)C(=O)N[C@H](CCCCN)C(=O)N[C@H](CC(C)C)C(=O)N[C@H](CC(C)C)C(=O)N1CCC[C@@H]1C(=O)N[C@H](CCC(N)=O)C(=O)N[C@H](CC(N)=O)C(=O)O)[C@H](C)O. The lowest BCUT2D eigenvalue weighted by atomic mass is 9.98. The van der Waals surface area contributed by atoms with Crippen LogP contribution in [0.4, 0.5) is 0 Å². The summed E-state index contributed by atoms with van der Waals surface area (Å²) in [5, 5.41) is 95.0. The maximum Gasteiger partial charge on any atom is 0.326 e. The number of primary amides is 3. The van der Waals surface area contributed by atoms with E-state index in [0.717, 1.165) is 13.8 Å². The number of aromatic nitrogens is 1. The Bertz CT molecular complexity index is 4510. The summed E-state index contributed by atoms with van der Waals surface area (Å²) in [6.07, 6.45) is -6.26. The van der Waals surface area contributed by atoms with Gasteiger partial charge >= 0.3 is 17.9 Å². The number of carbonyl (C=O) groups is 21. The van der Waals surface area contributed by atoms with Crippen molar-refractivity contribution in [1.29, 1.82) is 0 Å². The molecule has 3 aromatic rings. The zero-order valence-electron chi connectivity index (χ0n) is 74.3. The quantitative estimate of drug-likeness (QED) is 0.0234. The summed E-state index contributed by atoms with van der Waals surface area (Å²) < 4.78 is 0. The van der Waals surface area contributed by atoms with Gasteiger partial charge in [-0.25, -0.2) is 4.79 Å². The highest BCUT2D eigenvalue weighted by Crippen LogP contribution is 2.24. The molecule has 1 saturated heterocycles. The molecule has 18 amide bonds. The van der Waals surface area contributed by atoms with Crippen LogP contribution in [0.5, 0.6) is 0 Å². The zero-order valence-corrected chi connectivity index (χ0v) is 74.3. The summed E-state index contributed by atoms with van der Waals surface area (Å²) in [4.78, 5) is 289. The molecule has 0 radical (unpaired) electrons. The number of nitrogens with zero attached hydrogens (tertiary/aromatic N) is 1. The Morgan fingerprint density at radius 3 is 1.31 bits per heavy atom. The molecular formula is C84H126N20O27. The molecule has 16 atom stereocenters. The first-order valence-electron chi connectivity index (χ1n) is 42.9. The van der Waals surface area contributed by atoms with E-state index in [4.69, 9.17) is 22.9 Å². The summed E-state index contributed by atoms with van der Waals surface area (Å²) in [7, 11) is 0. The van der Waals surface area contributed by atoms with Crippen molar-refractivity contribution < 1.29 is 131 Å². The van der Waals surface area contributed by atoms with Crippen LogP contribution < -0.4 is 97.4 Å². The Hall–Kier alpha value is -13.3. The second-order valence-corrected chi connectivity index (χ2v) is 33.2. The van der Waals surface area contributed by atoms with Crippen molar-refractivity contribution in [3.63, 3.8) is 0 Å². The van der Waals surface area contributed by atoms with Crippen molar-refractivity contribution in [1.82, 2.24) is 84.3 Å². The fraction of sp³-hybridized carbons (Fsp3) is 0.583. The zero-order chi connectivity index (χ0) is 98.2. The Labute approximate surface area is 754 Å². The third-order valence-electron chi connectivity index (χ3n) is 20.8. The van der Waals surface area contributed by atoms with Gasteiger partial charge < -0.3 is 138 Å². The van der Waals surface area contributed by atoms with E-state index in [-0.39, 0.29) is 76.3 Å². The average molecular weight is 1850 g/mol. The van der Waals surface area contributed by atoms with E-state index in [0.29, 0.717) is 28.5 Å². The highest BCUT2D eigenvalue weighted by atomic mass is 16.4. The lowest BCUT2D eigenvalue weighted by Crippen LogP contribution is -2.62. The van der Waals surface area contributed by atoms with Crippen LogP contribution in [0.1, 0.15) is 169 Å². The number of carbonyl (C=O) groups excluding carboxylic acids is 18. The lowest BCUT2D eigenvalue weighted by molar-refractivity contribution is -0.144. The molecule has 1 fully saturated rings. The van der Waals surface area contributed by atoms with E-state index in [2.05, 4.69) is 79.4 Å². The number of para-hydroxylation sites is 1. The maximum atomic E-state index is 15.2. The molecule has 0 bridgehead atoms. The van der Waals surface area contributed by atoms with Crippen LogP contribution in [-0.2, 0) is 114 Å². The van der Waals surface area contributed by atoms with Gasteiger partial charge in [-0.1, -0.05) is 90.1 Å². The number of aliphatic carboxylic acids is 3. The topological polar surface area (TPSA) is 771 Å². The number of carboxylic acid groups (broad SMARTS) is 3. The van der Waals surface area contributed by atoms with Crippen LogP contribution in [0.25, 0.3) is 10.9 Å². The van der Waals surface area contributed by atoms with Gasteiger partial charge in [0.1, 0.15) is 90.6 Å². The molecule has 1 aliphatic heterocycles. The number of aromatic amines is 1. The summed E-state index contributed by atoms with van der Waals surface area (Å²) in [6.45, 7) is 10.2. The van der Waals surface area contributed by atoms with Crippen LogP contribution in [0.3, 0.4) is 0 Å². The first kappa shape index (κ1) is 110. The van der Waals surface area contributed by atoms with Crippen LogP contribution in [0, 0.1) is 17.8 Å². The smallest absolute Gasteiger partial charge is 0.326 e. The molecule has 2 aromatic carbocycles. The monoisotopic (exact) mass is 1850 g/mol. The summed E-state index contributed by atoms with van der Waals surface area (Å²) in [5.41, 5.74) is 23.1. The number of benzene rings is 2. The minimum atomic E-state index is -2.13. The Morgan fingerprint density at radius 2 is 0.824 bits per heavy atom. The van der Waals surface area contributed by atoms with E-state index in [1.165, 1.54) is 29.2 Å². The fourth-order valence-corrected chi connectivity index (χ4v) is 14.1. The molecule has 1 aromatic heterocycles. The van der Waals surface area contributed by atoms with Gasteiger partial charge in [-0.15, -0.1) is 0 Å². The number of nitrogens with two attached hydrogens (primary N) is 4. The van der Waals surface area contributed by atoms with Crippen molar-refractivity contribution >= 4 is 135 Å². The number of carboxylic acids is 3. The predicted molar refractivity (Wildman–Crippen MR) is 464 cm³/mol. The summed E-state index contributed by atoms with van der Waals surface area (Å²) >= 11 is 0. The van der Waals surface area contributed by atoms with Gasteiger partial charge in [0.15, 0.2) is 0 Å². The van der Waals surface area contributed by atoms with Gasteiger partial charge in [0.25, 0.3) is 0 Å². The molecule has 4 rings (SSSR count). The van der Waals surface area contributed by atoms with Crippen LogP contribution in [0.2, 0.25) is 0 Å². The van der Waals surface area contributed by atoms with Crippen molar-refractivity contribution in [3.8, 4) is 0 Å². The van der Waals surface area contributed by atoms with Gasteiger partial charge in [0.05, 0.1) is 32.2 Å². The van der Waals surface area contributed by atoms with Crippen molar-refractivity contribution in [2.24, 2.45) is 40.7 Å². The predicted octanol–water partition coefficient (Wildman–Crippen LogP) is -6.79. The van der Waals surface area contributed by atoms with Gasteiger partial charge in [-0.05, 0) is 119 Å². The van der Waals surface area contributed by atoms with Gasteiger partial charge in [0, 0.05) is 62.7 Å². The molecule has 1 aliphatic rings. The number of hydrogen-bond donors (Lipinski definition) is 25. The minimum Gasteiger partial charge on any atom is -0.481 e. The molecule has 0 spiro atoms. The molecule has 47 nitrogen and oxygen atoms in total. The number of H-pyrrole nitrogens is 1. The summed E-state index contributed by atoms with van der Waals surface area (Å²) in [6, 6.07) is -11.1. The number of likely N-dealkylation sites (tertiary alicyclic amines) is 1. The number of aliphatic hydroxyl groups excluding tert-OH is 3. The average Bonchev–Trinajstić information content (AvgIpc) is 1.69. The van der Waals surface area contributed by atoms with E-state index in [9.17, 15) is 122 Å². The van der Waals surface area contributed by atoms with Gasteiger partial charge in [-0.3, -0.25) is 95.9 Å². The van der Waals surface area contributed by atoms with Crippen LogP contribution in [0.15, 0.2) is 60.8 Å². The largest absolute Gasteiger partial charge is 0.481 e. The first-order valence-corrected chi connectivity index (χ1v) is 42.9. The van der Waals surface area contributed by atoms with E-state index in [1.807, 2.05) is 0 Å². The second kappa shape index (κ2) is 54.9. The van der Waals surface area contributed by atoms with Crippen LogP contribution >= 0.6 is 0 Å². The fourth-order valence-electron chi connectivity index (χ4n) is 14.1. The number of unbranched alkanes of at least 4 members (excludes halogenated alkanes) is 1. The second-order valence-electron chi connectivity index (χ2n) is 33.2. The molecule has 724 valence electrons. The van der Waals surface area contributed by atoms with Crippen LogP contribution in [-0.4, -0.2) is 288 Å². The van der Waals surface area contributed by atoms with Crippen molar-refractivity contribution in [2.75, 3.05) is 26.3 Å². The minimum absolute atomic E-state index is 0.0154. The van der Waals surface area contributed by atoms with E-state index < -0.39 is 298 Å². The third-order valence-corrected chi connectivity index (χ3v) is 20.8. The molecule has 29 N–H and O–H groups in total. The van der Waals surface area contributed by atoms with E-state index >= 15 is 9.59 Å². The number of amides is 18. The lowest BCUT2D eigenvalue weighted by Gasteiger charge is -2.32. The molecule has 131 heavy (non-hydrogen) atoms. The van der Waals surface area contributed by atoms with Gasteiger partial charge in [0.2, 0.25) is 106 Å². The molecule has 0 unspecified atom stereocenters. The number of rotatable bonds is 59. The Balaban J connectivity index is 1.65. The van der Waals surface area contributed by atoms with Gasteiger partial charge in [-0.2, -0.15) is 0 Å². The summed E-state index contributed by atoms with van der Waals surface area (Å²) in [5.74, 6) is -25.3. The van der Waals surface area contributed by atoms with E-state index in [1.54, 1.807) is 78.1 Å². The number of aliphatic hydroxyl groups is 3. The first-order chi connectivity index (χ1) is 61.7. The molecular weight excluding hydrogens is 1720 g/mol. The number of nitrogens with one attached hydrogen (secondary N) is 15. The van der Waals surface area contributed by atoms with Crippen molar-refractivity contribution in [3.05, 3.63) is 71.9 Å². The Morgan fingerprint density at radius 1 is 0.420 bits per heavy atom. The Kier molecular flexibility index (Phi) is 46.1. The van der Waals surface area contributed by atoms with Crippen molar-refractivity contribution in [2.45, 2.75) is 268 Å². The number of hydrogen-bond acceptors (Lipinski definition) is 25.